The number of ether oxygens (including phenoxy) is 1. The molecule has 0 unspecified atom stereocenters. The van der Waals surface area contributed by atoms with Gasteiger partial charge in [0.1, 0.15) is 0 Å². The van der Waals surface area contributed by atoms with Gasteiger partial charge in [-0.25, -0.2) is 4.79 Å². The van der Waals surface area contributed by atoms with Crippen molar-refractivity contribution in [2.24, 2.45) is 11.7 Å². The molecule has 1 aromatic rings. The highest BCUT2D eigenvalue weighted by atomic mass is 16.6. The van der Waals surface area contributed by atoms with E-state index in [1.54, 1.807) is 6.07 Å². The number of esters is 1. The zero-order valence-corrected chi connectivity index (χ0v) is 10.6. The van der Waals surface area contributed by atoms with Gasteiger partial charge in [-0.05, 0) is 12.1 Å². The quantitative estimate of drug-likeness (QED) is 0.714. The minimum absolute atomic E-state index is 0.0314. The van der Waals surface area contributed by atoms with Gasteiger partial charge in [-0.3, -0.25) is 9.69 Å². The van der Waals surface area contributed by atoms with E-state index < -0.39 is 0 Å². The molecular formula is C14H17N2O3+. The number of benzene rings is 1. The Kier molecular flexibility index (Phi) is 2.98. The molecule has 5 heteroatoms. The fourth-order valence-corrected chi connectivity index (χ4v) is 2.98. The molecule has 2 aliphatic rings. The van der Waals surface area contributed by atoms with Crippen molar-refractivity contribution in [1.82, 2.24) is 0 Å². The standard InChI is InChI=1S/C14H16N2O3/c15-12(17)9-5-7-16(8-6-9)13-10-3-1-2-4-11(10)14(18)19-13/h1-4,9,13H,5-8H2,(H2,15,17)/p+1/t13-/m0/s1. The summed E-state index contributed by atoms with van der Waals surface area (Å²) in [7, 11) is 0. The third-order valence-corrected chi connectivity index (χ3v) is 4.09. The highest BCUT2D eigenvalue weighted by Crippen LogP contribution is 2.26. The number of primary amides is 1. The lowest BCUT2D eigenvalue weighted by atomic mass is 9.95. The largest absolute Gasteiger partial charge is 0.404 e. The van der Waals surface area contributed by atoms with Crippen molar-refractivity contribution in [2.45, 2.75) is 19.1 Å². The van der Waals surface area contributed by atoms with Gasteiger partial charge in [-0.15, -0.1) is 0 Å². The summed E-state index contributed by atoms with van der Waals surface area (Å²) in [5.74, 6) is -0.496. The Bertz CT molecular complexity index is 521. The van der Waals surface area contributed by atoms with E-state index in [1.807, 2.05) is 18.2 Å². The molecule has 1 fully saturated rings. The minimum atomic E-state index is -0.245. The molecule has 2 heterocycles. The van der Waals surface area contributed by atoms with E-state index in [4.69, 9.17) is 10.5 Å². The van der Waals surface area contributed by atoms with E-state index in [2.05, 4.69) is 0 Å². The van der Waals surface area contributed by atoms with Crippen molar-refractivity contribution < 1.29 is 19.2 Å². The molecule has 1 saturated heterocycles. The Labute approximate surface area is 111 Å². The number of fused-ring (bicyclic) bond motifs is 1. The number of amides is 1. The smallest absolute Gasteiger partial charge is 0.343 e. The van der Waals surface area contributed by atoms with Gasteiger partial charge < -0.3 is 10.5 Å². The first-order valence-electron chi connectivity index (χ1n) is 6.60. The zero-order valence-electron chi connectivity index (χ0n) is 10.6. The zero-order chi connectivity index (χ0) is 13.4. The maximum atomic E-state index is 11.8. The van der Waals surface area contributed by atoms with Crippen molar-refractivity contribution in [3.8, 4) is 0 Å². The molecule has 1 atom stereocenters. The Morgan fingerprint density at radius 3 is 2.63 bits per heavy atom. The van der Waals surface area contributed by atoms with E-state index in [1.165, 1.54) is 4.90 Å². The topological polar surface area (TPSA) is 73.8 Å². The van der Waals surface area contributed by atoms with Crippen molar-refractivity contribution in [1.29, 1.82) is 0 Å². The monoisotopic (exact) mass is 261 g/mol. The molecule has 0 bridgehead atoms. The number of likely N-dealkylation sites (tertiary alicyclic amines) is 1. The fourth-order valence-electron chi connectivity index (χ4n) is 2.98. The molecule has 3 N–H and O–H groups in total. The van der Waals surface area contributed by atoms with Crippen LogP contribution in [0.5, 0.6) is 0 Å². The van der Waals surface area contributed by atoms with E-state index in [0.717, 1.165) is 31.5 Å². The van der Waals surface area contributed by atoms with Gasteiger partial charge in [-0.1, -0.05) is 12.1 Å². The van der Waals surface area contributed by atoms with Crippen molar-refractivity contribution in [3.05, 3.63) is 35.4 Å². The average Bonchev–Trinajstić information content (AvgIpc) is 2.77. The first-order chi connectivity index (χ1) is 9.16. The maximum Gasteiger partial charge on any atom is 0.343 e. The SMILES string of the molecule is NC(=O)C1CC[NH+]([C@H]2OC(=O)c3ccccc32)CC1. The van der Waals surface area contributed by atoms with Gasteiger partial charge in [0.15, 0.2) is 0 Å². The van der Waals surface area contributed by atoms with E-state index in [0.29, 0.717) is 5.56 Å². The molecule has 2 aliphatic heterocycles. The number of nitrogens with one attached hydrogen (secondary N) is 1. The van der Waals surface area contributed by atoms with Gasteiger partial charge in [0.25, 0.3) is 6.23 Å². The number of carbonyl (C=O) groups excluding carboxylic acids is 2. The summed E-state index contributed by atoms with van der Waals surface area (Å²) >= 11 is 0. The molecule has 0 spiro atoms. The van der Waals surface area contributed by atoms with E-state index in [-0.39, 0.29) is 24.0 Å². The third-order valence-electron chi connectivity index (χ3n) is 4.09. The number of hydrogen-bond acceptors (Lipinski definition) is 3. The number of hydrogen-bond donors (Lipinski definition) is 2. The fraction of sp³-hybridized carbons (Fsp3) is 0.429. The average molecular weight is 261 g/mol. The molecule has 0 aromatic heterocycles. The van der Waals surface area contributed by atoms with Crippen LogP contribution in [-0.4, -0.2) is 25.0 Å². The van der Waals surface area contributed by atoms with E-state index >= 15 is 0 Å². The molecule has 100 valence electrons. The summed E-state index contributed by atoms with van der Waals surface area (Å²) in [6.45, 7) is 1.61. The highest BCUT2D eigenvalue weighted by molar-refractivity contribution is 5.93. The van der Waals surface area contributed by atoms with Crippen LogP contribution < -0.4 is 10.6 Å². The second-order valence-electron chi connectivity index (χ2n) is 5.21. The number of piperidine rings is 1. The number of rotatable bonds is 2. The minimum Gasteiger partial charge on any atom is -0.404 e. The number of cyclic esters (lactones) is 1. The summed E-state index contributed by atoms with van der Waals surface area (Å²) in [4.78, 5) is 24.1. The lowest BCUT2D eigenvalue weighted by molar-refractivity contribution is -0.956. The maximum absolute atomic E-state index is 11.8. The van der Waals surface area contributed by atoms with Gasteiger partial charge in [0.05, 0.1) is 24.2 Å². The Morgan fingerprint density at radius 1 is 1.26 bits per heavy atom. The lowest BCUT2D eigenvalue weighted by Crippen LogP contribution is -3.13. The lowest BCUT2D eigenvalue weighted by Gasteiger charge is -2.31. The van der Waals surface area contributed by atoms with Crippen LogP contribution in [-0.2, 0) is 9.53 Å². The van der Waals surface area contributed by atoms with Gasteiger partial charge in [0, 0.05) is 18.8 Å². The Balaban J connectivity index is 1.75. The second kappa shape index (κ2) is 4.66. The van der Waals surface area contributed by atoms with Crippen molar-refractivity contribution in [3.63, 3.8) is 0 Å². The first-order valence-corrected chi connectivity index (χ1v) is 6.60. The van der Waals surface area contributed by atoms with Crippen LogP contribution in [0.3, 0.4) is 0 Å². The Morgan fingerprint density at radius 2 is 1.95 bits per heavy atom. The van der Waals surface area contributed by atoms with Crippen LogP contribution in [0.1, 0.15) is 35.0 Å². The van der Waals surface area contributed by atoms with Crippen LogP contribution in [0.4, 0.5) is 0 Å². The predicted octanol–water partition coefficient (Wildman–Crippen LogP) is -0.364. The summed E-state index contributed by atoms with van der Waals surface area (Å²) in [6.07, 6.45) is 1.31. The molecule has 3 rings (SSSR count). The molecule has 19 heavy (non-hydrogen) atoms. The normalized spacial score (nSPS) is 29.7. The van der Waals surface area contributed by atoms with Crippen LogP contribution in [0.15, 0.2) is 24.3 Å². The first kappa shape index (κ1) is 12.2. The predicted molar refractivity (Wildman–Crippen MR) is 67.2 cm³/mol. The molecular weight excluding hydrogens is 244 g/mol. The number of carbonyl (C=O) groups is 2. The van der Waals surface area contributed by atoms with Crippen molar-refractivity contribution in [2.75, 3.05) is 13.1 Å². The van der Waals surface area contributed by atoms with Crippen LogP contribution in [0.25, 0.3) is 0 Å². The summed E-state index contributed by atoms with van der Waals surface area (Å²) < 4.78 is 5.47. The summed E-state index contributed by atoms with van der Waals surface area (Å²) in [6, 6.07) is 7.51. The molecule has 0 radical (unpaired) electrons. The van der Waals surface area contributed by atoms with Gasteiger partial charge in [0.2, 0.25) is 5.91 Å². The number of nitrogens with two attached hydrogens (primary N) is 1. The molecule has 0 saturated carbocycles. The van der Waals surface area contributed by atoms with Crippen LogP contribution in [0.2, 0.25) is 0 Å². The second-order valence-corrected chi connectivity index (χ2v) is 5.21. The molecule has 1 aromatic carbocycles. The highest BCUT2D eigenvalue weighted by Gasteiger charge is 2.40. The molecule has 5 nitrogen and oxygen atoms in total. The number of quaternary nitrogens is 1. The van der Waals surface area contributed by atoms with E-state index in [9.17, 15) is 9.59 Å². The van der Waals surface area contributed by atoms with Crippen LogP contribution >= 0.6 is 0 Å². The summed E-state index contributed by atoms with van der Waals surface area (Å²) in [5, 5.41) is 0. The molecule has 1 amide bonds. The van der Waals surface area contributed by atoms with Gasteiger partial charge in [-0.2, -0.15) is 0 Å². The Hall–Kier alpha value is -1.88. The molecule has 0 aliphatic carbocycles. The van der Waals surface area contributed by atoms with Gasteiger partial charge >= 0.3 is 5.97 Å². The summed E-state index contributed by atoms with van der Waals surface area (Å²) in [5.41, 5.74) is 6.95. The van der Waals surface area contributed by atoms with Crippen LogP contribution in [0, 0.1) is 5.92 Å². The third kappa shape index (κ3) is 2.10. The van der Waals surface area contributed by atoms with Crippen molar-refractivity contribution >= 4 is 11.9 Å².